The molecule has 0 aromatic rings. The van der Waals surface area contributed by atoms with Gasteiger partial charge in [-0.3, -0.25) is 9.36 Å². The average Bonchev–Trinajstić information content (AvgIpc) is 3.16. The Morgan fingerprint density at radius 3 is 1.33 bits per heavy atom. The lowest BCUT2D eigenvalue weighted by atomic mass is 9.99. The molecule has 4 N–H and O–H groups in total. The molecule has 0 fully saturated rings. The van der Waals surface area contributed by atoms with Crippen molar-refractivity contribution in [1.29, 1.82) is 0 Å². The summed E-state index contributed by atoms with van der Waals surface area (Å²) in [6, 6.07) is -1.24. The zero-order chi connectivity index (χ0) is 43.3. The number of quaternary nitrogens is 1. The van der Waals surface area contributed by atoms with Crippen molar-refractivity contribution in [2.45, 2.75) is 251 Å². The molecular formula is C47H97N2O8P. The topological polar surface area (TPSA) is 148 Å². The van der Waals surface area contributed by atoms with Gasteiger partial charge in [0.25, 0.3) is 7.82 Å². The number of unbranched alkanes of at least 4 members (excludes halogenated alkanes) is 27. The molecule has 0 saturated heterocycles. The number of rotatable bonds is 44. The molecule has 0 heterocycles. The Balaban J connectivity index is 4.41. The zero-order valence-corrected chi connectivity index (χ0v) is 39.8. The van der Waals surface area contributed by atoms with Gasteiger partial charge < -0.3 is 39.1 Å². The predicted molar refractivity (Wildman–Crippen MR) is 241 cm³/mol. The fraction of sp³-hybridized carbons (Fsp3) is 0.979. The maximum atomic E-state index is 13.0. The zero-order valence-electron chi connectivity index (χ0n) is 38.9. The van der Waals surface area contributed by atoms with Crippen LogP contribution >= 0.6 is 7.82 Å². The van der Waals surface area contributed by atoms with Crippen LogP contribution in [-0.4, -0.2) is 91.0 Å². The minimum absolute atomic E-state index is 0.0807. The van der Waals surface area contributed by atoms with Crippen molar-refractivity contribution in [2.75, 3.05) is 40.9 Å². The van der Waals surface area contributed by atoms with Crippen LogP contribution in [0.15, 0.2) is 0 Å². The Kier molecular flexibility index (Phi) is 37.7. The number of nitrogens with zero attached hydrogens (tertiary/aromatic N) is 1. The number of hydrogen-bond donors (Lipinski definition) is 4. The Morgan fingerprint density at radius 1 is 0.586 bits per heavy atom. The van der Waals surface area contributed by atoms with E-state index in [2.05, 4.69) is 26.1 Å². The van der Waals surface area contributed by atoms with Crippen LogP contribution in [-0.2, 0) is 18.4 Å². The summed E-state index contributed by atoms with van der Waals surface area (Å²) in [4.78, 5) is 25.5. The highest BCUT2D eigenvalue weighted by molar-refractivity contribution is 7.45. The Labute approximate surface area is 358 Å². The van der Waals surface area contributed by atoms with Gasteiger partial charge in [0.15, 0.2) is 0 Å². The normalized spacial score (nSPS) is 15.4. The third kappa shape index (κ3) is 38.3. The van der Waals surface area contributed by atoms with E-state index >= 15 is 0 Å². The SMILES string of the molecule is CCCCCCCCCCCCCCCCCCCCCCCC(O)C(=O)N[C@@H](COP(=O)([O-])OCC[N+](C)(C)C)[C@H](O)[C@H](O)CCCCCCCCCCC(C)C. The number of aliphatic hydroxyl groups is 3. The van der Waals surface area contributed by atoms with E-state index in [1.807, 2.05) is 21.1 Å². The number of amides is 1. The second kappa shape index (κ2) is 38.1. The molecule has 0 aromatic carbocycles. The van der Waals surface area contributed by atoms with Crippen molar-refractivity contribution in [3.63, 3.8) is 0 Å². The highest BCUT2D eigenvalue weighted by atomic mass is 31.2. The summed E-state index contributed by atoms with van der Waals surface area (Å²) < 4.78 is 23.1. The largest absolute Gasteiger partial charge is 0.756 e. The van der Waals surface area contributed by atoms with Crippen LogP contribution in [0.2, 0.25) is 0 Å². The standard InChI is InChI=1S/C47H97N2O8P/c1-7-8-9-10-11-12-13-14-15-16-17-18-19-20-21-22-23-24-29-32-35-38-45(51)47(53)48-43(41-57-58(54,55)56-40-39-49(4,5)6)46(52)44(50)37-34-31-28-26-25-27-30-33-36-42(2)3/h42-46,50-52H,7-41H2,1-6H3,(H-,48,53,54,55)/t43-,44+,45?,46-/m0/s1. The first-order chi connectivity index (χ1) is 27.7. The van der Waals surface area contributed by atoms with E-state index < -0.39 is 44.7 Å². The first-order valence-corrected chi connectivity index (χ1v) is 25.9. The van der Waals surface area contributed by atoms with E-state index in [-0.39, 0.29) is 13.0 Å². The highest BCUT2D eigenvalue weighted by Gasteiger charge is 2.31. The molecular weight excluding hydrogens is 751 g/mol. The Morgan fingerprint density at radius 2 is 0.948 bits per heavy atom. The summed E-state index contributed by atoms with van der Waals surface area (Å²) in [6.07, 6.45) is 33.7. The number of carbonyl (C=O) groups excluding carboxylic acids is 1. The van der Waals surface area contributed by atoms with Crippen molar-refractivity contribution in [2.24, 2.45) is 5.92 Å². The summed E-state index contributed by atoms with van der Waals surface area (Å²) in [5.41, 5.74) is 0. The first-order valence-electron chi connectivity index (χ1n) is 24.4. The van der Waals surface area contributed by atoms with Crippen LogP contribution in [0.25, 0.3) is 0 Å². The summed E-state index contributed by atoms with van der Waals surface area (Å²) in [5, 5.41) is 35.1. The van der Waals surface area contributed by atoms with Crippen molar-refractivity contribution in [3.05, 3.63) is 0 Å². The molecule has 0 aliphatic carbocycles. The molecule has 0 spiro atoms. The number of hydrogen-bond acceptors (Lipinski definition) is 8. The van der Waals surface area contributed by atoms with E-state index in [1.165, 1.54) is 141 Å². The second-order valence-corrected chi connectivity index (χ2v) is 20.3. The fourth-order valence-corrected chi connectivity index (χ4v) is 8.17. The van der Waals surface area contributed by atoms with Gasteiger partial charge >= 0.3 is 0 Å². The van der Waals surface area contributed by atoms with Crippen LogP contribution in [0.3, 0.4) is 0 Å². The van der Waals surface area contributed by atoms with Crippen LogP contribution in [0.4, 0.5) is 0 Å². The van der Waals surface area contributed by atoms with Crippen molar-refractivity contribution < 1.29 is 43.1 Å². The van der Waals surface area contributed by atoms with Gasteiger partial charge in [0, 0.05) is 0 Å². The van der Waals surface area contributed by atoms with Crippen LogP contribution in [0.5, 0.6) is 0 Å². The van der Waals surface area contributed by atoms with Crippen molar-refractivity contribution in [1.82, 2.24) is 5.32 Å². The first kappa shape index (κ1) is 57.4. The van der Waals surface area contributed by atoms with Crippen molar-refractivity contribution in [3.8, 4) is 0 Å². The number of carbonyl (C=O) groups is 1. The van der Waals surface area contributed by atoms with E-state index in [4.69, 9.17) is 9.05 Å². The van der Waals surface area contributed by atoms with Gasteiger partial charge in [-0.1, -0.05) is 213 Å². The molecule has 1 amide bonds. The van der Waals surface area contributed by atoms with Crippen LogP contribution < -0.4 is 10.2 Å². The summed E-state index contributed by atoms with van der Waals surface area (Å²) in [5.74, 6) is 0.0402. The maximum Gasteiger partial charge on any atom is 0.268 e. The Hall–Kier alpha value is -0.580. The van der Waals surface area contributed by atoms with Crippen molar-refractivity contribution >= 4 is 13.7 Å². The molecule has 5 atom stereocenters. The number of nitrogens with one attached hydrogen (secondary N) is 1. The van der Waals surface area contributed by atoms with Gasteiger partial charge in [-0.05, 0) is 18.8 Å². The van der Waals surface area contributed by atoms with Gasteiger partial charge in [-0.2, -0.15) is 0 Å². The summed E-state index contributed by atoms with van der Waals surface area (Å²) in [7, 11) is 0.989. The van der Waals surface area contributed by atoms with Gasteiger partial charge in [0.2, 0.25) is 5.91 Å². The molecule has 0 rings (SSSR count). The molecule has 0 radical (unpaired) electrons. The number of phosphoric ester groups is 1. The molecule has 10 nitrogen and oxygen atoms in total. The number of aliphatic hydroxyl groups excluding tert-OH is 3. The average molecular weight is 849 g/mol. The lowest BCUT2D eigenvalue weighted by Gasteiger charge is -2.31. The molecule has 2 unspecified atom stereocenters. The molecule has 0 bridgehead atoms. The minimum atomic E-state index is -4.74. The number of phosphoric acid groups is 1. The monoisotopic (exact) mass is 849 g/mol. The molecule has 348 valence electrons. The minimum Gasteiger partial charge on any atom is -0.756 e. The summed E-state index contributed by atoms with van der Waals surface area (Å²) >= 11 is 0. The van der Waals surface area contributed by atoms with Gasteiger partial charge in [-0.25, -0.2) is 0 Å². The quantitative estimate of drug-likeness (QED) is 0.0269. The van der Waals surface area contributed by atoms with Gasteiger partial charge in [0.05, 0.1) is 39.9 Å². The van der Waals surface area contributed by atoms with E-state index in [0.29, 0.717) is 30.3 Å². The number of likely N-dealkylation sites (N-methyl/N-ethyl adjacent to an activating group) is 1. The second-order valence-electron chi connectivity index (χ2n) is 18.9. The van der Waals surface area contributed by atoms with E-state index in [0.717, 1.165) is 44.4 Å². The van der Waals surface area contributed by atoms with Crippen LogP contribution in [0, 0.1) is 5.92 Å². The Bertz CT molecular complexity index is 966. The molecule has 0 aromatic heterocycles. The fourth-order valence-electron chi connectivity index (χ4n) is 7.45. The lowest BCUT2D eigenvalue weighted by molar-refractivity contribution is -0.870. The lowest BCUT2D eigenvalue weighted by Crippen LogP contribution is -2.53. The molecule has 0 aliphatic heterocycles. The third-order valence-electron chi connectivity index (χ3n) is 11.5. The molecule has 58 heavy (non-hydrogen) atoms. The van der Waals surface area contributed by atoms with E-state index in [1.54, 1.807) is 0 Å². The molecule has 11 heteroatoms. The smallest absolute Gasteiger partial charge is 0.268 e. The third-order valence-corrected chi connectivity index (χ3v) is 12.4. The molecule has 0 saturated carbocycles. The van der Waals surface area contributed by atoms with E-state index in [9.17, 15) is 29.6 Å². The van der Waals surface area contributed by atoms with Gasteiger partial charge in [-0.15, -0.1) is 0 Å². The van der Waals surface area contributed by atoms with Crippen LogP contribution in [0.1, 0.15) is 226 Å². The highest BCUT2D eigenvalue weighted by Crippen LogP contribution is 2.38. The molecule has 0 aliphatic rings. The maximum absolute atomic E-state index is 13.0. The summed E-state index contributed by atoms with van der Waals surface area (Å²) in [6.45, 7) is 6.53. The predicted octanol–water partition coefficient (Wildman–Crippen LogP) is 10.9. The van der Waals surface area contributed by atoms with Gasteiger partial charge in [0.1, 0.15) is 25.4 Å².